The fourth-order valence-electron chi connectivity index (χ4n) is 3.37. The van der Waals surface area contributed by atoms with Crippen molar-refractivity contribution in [1.82, 2.24) is 9.80 Å². The molecule has 8 heteroatoms. The van der Waals surface area contributed by atoms with Crippen LogP contribution in [0.1, 0.15) is 21.5 Å². The summed E-state index contributed by atoms with van der Waals surface area (Å²) in [4.78, 5) is 16.4. The fourth-order valence-corrected chi connectivity index (χ4v) is 3.37. The highest BCUT2D eigenvalue weighted by atomic mass is 19.4. The molecular formula is C21H23F3N2O3. The molecule has 1 amide bonds. The van der Waals surface area contributed by atoms with E-state index in [1.165, 1.54) is 12.1 Å². The summed E-state index contributed by atoms with van der Waals surface area (Å²) in [6, 6.07) is 10.2. The van der Waals surface area contributed by atoms with Crippen molar-refractivity contribution in [2.45, 2.75) is 12.7 Å². The molecule has 3 rings (SSSR count). The first-order valence-electron chi connectivity index (χ1n) is 9.21. The third-order valence-electron chi connectivity index (χ3n) is 4.98. The number of carbonyl (C=O) groups is 1. The summed E-state index contributed by atoms with van der Waals surface area (Å²) in [5.74, 6) is 1.11. The highest BCUT2D eigenvalue weighted by Gasteiger charge is 2.31. The lowest BCUT2D eigenvalue weighted by Crippen LogP contribution is -2.48. The molecule has 0 aromatic heterocycles. The second kappa shape index (κ2) is 8.73. The zero-order valence-corrected chi connectivity index (χ0v) is 16.3. The largest absolute Gasteiger partial charge is 0.497 e. The van der Waals surface area contributed by atoms with E-state index in [9.17, 15) is 18.0 Å². The molecule has 1 fully saturated rings. The second-order valence-corrected chi connectivity index (χ2v) is 6.82. The summed E-state index contributed by atoms with van der Waals surface area (Å²) >= 11 is 0. The van der Waals surface area contributed by atoms with Crippen molar-refractivity contribution in [3.63, 3.8) is 0 Å². The molecule has 2 aromatic carbocycles. The Balaban J connectivity index is 1.63. The van der Waals surface area contributed by atoms with Crippen LogP contribution in [0.5, 0.6) is 11.5 Å². The first-order chi connectivity index (χ1) is 13.8. The van der Waals surface area contributed by atoms with Crippen molar-refractivity contribution in [2.75, 3.05) is 40.4 Å². The molecule has 0 bridgehead atoms. The van der Waals surface area contributed by atoms with Gasteiger partial charge < -0.3 is 14.4 Å². The van der Waals surface area contributed by atoms with Crippen molar-refractivity contribution in [3.05, 3.63) is 59.2 Å². The van der Waals surface area contributed by atoms with Gasteiger partial charge in [0.25, 0.3) is 5.91 Å². The van der Waals surface area contributed by atoms with Gasteiger partial charge in [-0.1, -0.05) is 6.07 Å². The quantitative estimate of drug-likeness (QED) is 0.757. The van der Waals surface area contributed by atoms with Crippen LogP contribution in [0.15, 0.2) is 42.5 Å². The third kappa shape index (κ3) is 5.00. The Kier molecular flexibility index (Phi) is 6.32. The number of halogens is 3. The average Bonchev–Trinajstić information content (AvgIpc) is 2.73. The molecule has 1 aliphatic heterocycles. The standard InChI is InChI=1S/C21H23F3N2O3/c1-28-18-6-7-19(29-2)16(13-18)14-25-8-10-26(11-9-25)20(27)15-4-3-5-17(12-15)21(22,23)24/h3-7,12-13H,8-11,14H2,1-2H3. The van der Waals surface area contributed by atoms with E-state index in [-0.39, 0.29) is 11.5 Å². The summed E-state index contributed by atoms with van der Waals surface area (Å²) in [5, 5.41) is 0. The molecule has 0 spiro atoms. The van der Waals surface area contributed by atoms with Gasteiger partial charge in [0, 0.05) is 43.9 Å². The van der Waals surface area contributed by atoms with E-state index in [4.69, 9.17) is 9.47 Å². The Labute approximate surface area is 167 Å². The summed E-state index contributed by atoms with van der Waals surface area (Å²) in [6.07, 6.45) is -4.47. The van der Waals surface area contributed by atoms with Gasteiger partial charge in [0.15, 0.2) is 0 Å². The molecule has 156 valence electrons. The number of amides is 1. The van der Waals surface area contributed by atoms with Gasteiger partial charge in [-0.3, -0.25) is 9.69 Å². The van der Waals surface area contributed by atoms with Gasteiger partial charge in [0.1, 0.15) is 11.5 Å². The van der Waals surface area contributed by atoms with Crippen LogP contribution in [0.3, 0.4) is 0 Å². The average molecular weight is 408 g/mol. The maximum absolute atomic E-state index is 12.9. The number of hydrogen-bond donors (Lipinski definition) is 0. The smallest absolute Gasteiger partial charge is 0.416 e. The molecule has 0 aliphatic carbocycles. The number of piperazine rings is 1. The van der Waals surface area contributed by atoms with Gasteiger partial charge in [-0.2, -0.15) is 13.2 Å². The van der Waals surface area contributed by atoms with Gasteiger partial charge in [0.2, 0.25) is 0 Å². The van der Waals surface area contributed by atoms with Crippen molar-refractivity contribution < 1.29 is 27.4 Å². The molecule has 0 atom stereocenters. The molecule has 29 heavy (non-hydrogen) atoms. The Morgan fingerprint density at radius 1 is 1.00 bits per heavy atom. The summed E-state index contributed by atoms with van der Waals surface area (Å²) < 4.78 is 49.4. The minimum atomic E-state index is -4.47. The number of ether oxygens (including phenoxy) is 2. The monoisotopic (exact) mass is 408 g/mol. The molecule has 0 radical (unpaired) electrons. The van der Waals surface area contributed by atoms with Crippen LogP contribution >= 0.6 is 0 Å². The van der Waals surface area contributed by atoms with Crippen molar-refractivity contribution >= 4 is 5.91 Å². The minimum absolute atomic E-state index is 0.0581. The molecule has 0 saturated carbocycles. The lowest BCUT2D eigenvalue weighted by atomic mass is 10.1. The Bertz CT molecular complexity index is 862. The lowest BCUT2D eigenvalue weighted by Gasteiger charge is -2.35. The lowest BCUT2D eigenvalue weighted by molar-refractivity contribution is -0.137. The van der Waals surface area contributed by atoms with Gasteiger partial charge in [-0.15, -0.1) is 0 Å². The summed E-state index contributed by atoms with van der Waals surface area (Å²) in [5.41, 5.74) is 0.222. The van der Waals surface area contributed by atoms with E-state index in [2.05, 4.69) is 4.90 Å². The zero-order chi connectivity index (χ0) is 21.0. The van der Waals surface area contributed by atoms with E-state index in [1.807, 2.05) is 18.2 Å². The van der Waals surface area contributed by atoms with Gasteiger partial charge >= 0.3 is 6.18 Å². The number of hydrogen-bond acceptors (Lipinski definition) is 4. The SMILES string of the molecule is COc1ccc(OC)c(CN2CCN(C(=O)c3cccc(C(F)(F)F)c3)CC2)c1. The molecular weight excluding hydrogens is 385 g/mol. The van der Waals surface area contributed by atoms with E-state index >= 15 is 0 Å². The third-order valence-corrected chi connectivity index (χ3v) is 4.98. The van der Waals surface area contributed by atoms with Crippen molar-refractivity contribution in [3.8, 4) is 11.5 Å². The fraction of sp³-hybridized carbons (Fsp3) is 0.381. The number of alkyl halides is 3. The van der Waals surface area contributed by atoms with E-state index in [1.54, 1.807) is 19.1 Å². The van der Waals surface area contributed by atoms with Gasteiger partial charge in [-0.25, -0.2) is 0 Å². The number of methoxy groups -OCH3 is 2. The Hall–Kier alpha value is -2.74. The van der Waals surface area contributed by atoms with Crippen LogP contribution in [0.4, 0.5) is 13.2 Å². The molecule has 1 saturated heterocycles. The minimum Gasteiger partial charge on any atom is -0.497 e. The summed E-state index contributed by atoms with van der Waals surface area (Å²) in [7, 11) is 3.21. The normalized spacial score (nSPS) is 15.3. The van der Waals surface area contributed by atoms with Gasteiger partial charge in [0.05, 0.1) is 19.8 Å². The molecule has 1 aliphatic rings. The number of carbonyl (C=O) groups excluding carboxylic acids is 1. The highest BCUT2D eigenvalue weighted by Crippen LogP contribution is 2.30. The molecule has 5 nitrogen and oxygen atoms in total. The van der Waals surface area contributed by atoms with Crippen LogP contribution in [-0.4, -0.2) is 56.1 Å². The first kappa shape index (κ1) is 21.0. The van der Waals surface area contributed by atoms with Gasteiger partial charge in [-0.05, 0) is 36.4 Å². The maximum Gasteiger partial charge on any atom is 0.416 e. The second-order valence-electron chi connectivity index (χ2n) is 6.82. The van der Waals surface area contributed by atoms with Crippen LogP contribution in [0.2, 0.25) is 0 Å². The number of rotatable bonds is 5. The highest BCUT2D eigenvalue weighted by molar-refractivity contribution is 5.94. The van der Waals surface area contributed by atoms with Crippen LogP contribution in [-0.2, 0) is 12.7 Å². The Morgan fingerprint density at radius 3 is 2.34 bits per heavy atom. The van der Waals surface area contributed by atoms with Crippen LogP contribution in [0, 0.1) is 0 Å². The maximum atomic E-state index is 12.9. The van der Waals surface area contributed by atoms with E-state index in [0.29, 0.717) is 32.7 Å². The predicted octanol–water partition coefficient (Wildman–Crippen LogP) is 3.68. The predicted molar refractivity (Wildman–Crippen MR) is 102 cm³/mol. The van der Waals surface area contributed by atoms with Crippen LogP contribution < -0.4 is 9.47 Å². The summed E-state index contributed by atoms with van der Waals surface area (Å²) in [6.45, 7) is 2.75. The topological polar surface area (TPSA) is 42.0 Å². The molecule has 1 heterocycles. The van der Waals surface area contributed by atoms with Crippen LogP contribution in [0.25, 0.3) is 0 Å². The number of benzene rings is 2. The van der Waals surface area contributed by atoms with E-state index in [0.717, 1.165) is 29.2 Å². The number of nitrogens with zero attached hydrogens (tertiary/aromatic N) is 2. The van der Waals surface area contributed by atoms with Crippen molar-refractivity contribution in [1.29, 1.82) is 0 Å². The molecule has 2 aromatic rings. The first-order valence-corrected chi connectivity index (χ1v) is 9.21. The zero-order valence-electron chi connectivity index (χ0n) is 16.3. The Morgan fingerprint density at radius 2 is 1.72 bits per heavy atom. The van der Waals surface area contributed by atoms with E-state index < -0.39 is 11.7 Å². The van der Waals surface area contributed by atoms with Crippen molar-refractivity contribution in [2.24, 2.45) is 0 Å². The molecule has 0 unspecified atom stereocenters. The molecule has 0 N–H and O–H groups in total.